The third-order valence-electron chi connectivity index (χ3n) is 3.15. The molecule has 0 fully saturated rings. The Kier molecular flexibility index (Phi) is 4.92. The first-order chi connectivity index (χ1) is 10.8. The number of hydrogen-bond donors (Lipinski definition) is 2. The van der Waals surface area contributed by atoms with Crippen molar-refractivity contribution in [3.05, 3.63) is 27.8 Å². The van der Waals surface area contributed by atoms with Crippen LogP contribution in [0, 0.1) is 10.1 Å². The van der Waals surface area contributed by atoms with E-state index >= 15 is 0 Å². The minimum absolute atomic E-state index is 0.00604. The van der Waals surface area contributed by atoms with E-state index in [4.69, 9.17) is 9.47 Å². The van der Waals surface area contributed by atoms with Gasteiger partial charge in [-0.2, -0.15) is 0 Å². The van der Waals surface area contributed by atoms with Gasteiger partial charge in [0.25, 0.3) is 5.69 Å². The van der Waals surface area contributed by atoms with Crippen LogP contribution in [0.25, 0.3) is 0 Å². The van der Waals surface area contributed by atoms with Crippen molar-refractivity contribution in [2.24, 2.45) is 0 Å². The summed E-state index contributed by atoms with van der Waals surface area (Å²) in [6.07, 6.45) is 0.106. The van der Waals surface area contributed by atoms with Crippen LogP contribution in [-0.2, 0) is 11.2 Å². The molecule has 0 spiro atoms. The summed E-state index contributed by atoms with van der Waals surface area (Å²) in [4.78, 5) is 22.3. The number of anilines is 1. The minimum Gasteiger partial charge on any atom is -0.493 e. The van der Waals surface area contributed by atoms with Gasteiger partial charge in [0.15, 0.2) is 0 Å². The van der Waals surface area contributed by atoms with Crippen LogP contribution in [0.3, 0.4) is 0 Å². The van der Waals surface area contributed by atoms with Gasteiger partial charge < -0.3 is 20.1 Å². The molecule has 8 heteroatoms. The van der Waals surface area contributed by atoms with E-state index in [1.165, 1.54) is 6.07 Å². The van der Waals surface area contributed by atoms with Gasteiger partial charge in [-0.15, -0.1) is 0 Å². The van der Waals surface area contributed by atoms with Crippen LogP contribution in [0.2, 0.25) is 0 Å². The summed E-state index contributed by atoms with van der Waals surface area (Å²) >= 11 is 0. The second-order valence-electron chi connectivity index (χ2n) is 6.15. The van der Waals surface area contributed by atoms with E-state index in [9.17, 15) is 14.9 Å². The van der Waals surface area contributed by atoms with Gasteiger partial charge in [0, 0.05) is 31.1 Å². The van der Waals surface area contributed by atoms with Crippen LogP contribution >= 0.6 is 0 Å². The molecular weight excluding hydrogens is 302 g/mol. The van der Waals surface area contributed by atoms with Gasteiger partial charge in [0.1, 0.15) is 17.0 Å². The van der Waals surface area contributed by atoms with E-state index in [0.29, 0.717) is 31.0 Å². The molecular formula is C15H21N3O5. The average molecular weight is 323 g/mol. The zero-order valence-corrected chi connectivity index (χ0v) is 13.5. The number of amides is 1. The molecule has 1 heterocycles. The highest BCUT2D eigenvalue weighted by molar-refractivity contribution is 5.71. The average Bonchev–Trinajstić information content (AvgIpc) is 2.89. The fraction of sp³-hybridized carbons (Fsp3) is 0.533. The Bertz CT molecular complexity index is 610. The Morgan fingerprint density at radius 3 is 2.78 bits per heavy atom. The largest absolute Gasteiger partial charge is 0.493 e. The second-order valence-corrected chi connectivity index (χ2v) is 6.15. The quantitative estimate of drug-likeness (QED) is 0.490. The van der Waals surface area contributed by atoms with Crippen LogP contribution in [0.15, 0.2) is 12.1 Å². The third kappa shape index (κ3) is 4.48. The second kappa shape index (κ2) is 6.72. The van der Waals surface area contributed by atoms with E-state index in [1.807, 2.05) is 0 Å². The SMILES string of the molecule is CC(C)(C)OC(=O)NCCNc1c([N+](=O)[O-])ccc2c1CCO2. The highest BCUT2D eigenvalue weighted by atomic mass is 16.6. The predicted molar refractivity (Wildman–Crippen MR) is 85.0 cm³/mol. The zero-order chi connectivity index (χ0) is 17.0. The fourth-order valence-electron chi connectivity index (χ4n) is 2.28. The lowest BCUT2D eigenvalue weighted by molar-refractivity contribution is -0.384. The highest BCUT2D eigenvalue weighted by Crippen LogP contribution is 2.38. The number of nitro groups is 1. The molecule has 0 unspecified atom stereocenters. The lowest BCUT2D eigenvalue weighted by atomic mass is 10.1. The molecule has 1 amide bonds. The van der Waals surface area contributed by atoms with Gasteiger partial charge in [-0.25, -0.2) is 4.79 Å². The lowest BCUT2D eigenvalue weighted by Gasteiger charge is -2.19. The molecule has 1 aliphatic rings. The maximum absolute atomic E-state index is 11.5. The summed E-state index contributed by atoms with van der Waals surface area (Å²) in [7, 11) is 0. The molecule has 0 atom stereocenters. The van der Waals surface area contributed by atoms with E-state index in [1.54, 1.807) is 26.8 Å². The molecule has 1 aromatic rings. The number of fused-ring (bicyclic) bond motifs is 1. The number of benzene rings is 1. The molecule has 126 valence electrons. The van der Waals surface area contributed by atoms with Crippen molar-refractivity contribution in [3.63, 3.8) is 0 Å². The Hall–Kier alpha value is -2.51. The number of hydrogen-bond acceptors (Lipinski definition) is 6. The van der Waals surface area contributed by atoms with Crippen molar-refractivity contribution < 1.29 is 19.2 Å². The molecule has 1 aromatic carbocycles. The Balaban J connectivity index is 1.95. The number of carbonyl (C=O) groups excluding carboxylic acids is 1. The van der Waals surface area contributed by atoms with E-state index in [0.717, 1.165) is 5.56 Å². The molecule has 8 nitrogen and oxygen atoms in total. The van der Waals surface area contributed by atoms with Crippen molar-refractivity contribution in [1.29, 1.82) is 0 Å². The van der Waals surface area contributed by atoms with E-state index < -0.39 is 16.6 Å². The first kappa shape index (κ1) is 16.9. The van der Waals surface area contributed by atoms with Crippen molar-refractivity contribution in [3.8, 4) is 5.75 Å². The predicted octanol–water partition coefficient (Wildman–Crippen LogP) is 2.47. The number of nitrogens with one attached hydrogen (secondary N) is 2. The monoisotopic (exact) mass is 323 g/mol. The summed E-state index contributed by atoms with van der Waals surface area (Å²) in [6.45, 7) is 6.48. The Morgan fingerprint density at radius 2 is 2.13 bits per heavy atom. The summed E-state index contributed by atoms with van der Waals surface area (Å²) in [6, 6.07) is 3.04. The first-order valence-electron chi connectivity index (χ1n) is 7.42. The van der Waals surface area contributed by atoms with Crippen molar-refractivity contribution >= 4 is 17.5 Å². The molecule has 2 rings (SSSR count). The molecule has 0 saturated heterocycles. The van der Waals surface area contributed by atoms with Crippen LogP contribution in [0.5, 0.6) is 5.75 Å². The molecule has 0 aliphatic carbocycles. The number of alkyl carbamates (subject to hydrolysis) is 1. The summed E-state index contributed by atoms with van der Waals surface area (Å²) in [5, 5.41) is 16.8. The standard InChI is InChI=1S/C15H21N3O5/c1-15(2,3)23-14(19)17-8-7-16-13-10-6-9-22-12(10)5-4-11(13)18(20)21/h4-5,16H,6-9H2,1-3H3,(H,17,19). The Labute approximate surface area is 134 Å². The molecule has 0 saturated carbocycles. The summed E-state index contributed by atoms with van der Waals surface area (Å²) in [5.41, 5.74) is 0.701. The number of nitrogens with zero attached hydrogens (tertiary/aromatic N) is 1. The number of nitro benzene ring substituents is 1. The van der Waals surface area contributed by atoms with Crippen LogP contribution in [0.1, 0.15) is 26.3 Å². The van der Waals surface area contributed by atoms with Crippen molar-refractivity contribution in [2.45, 2.75) is 32.8 Å². The molecule has 0 aromatic heterocycles. The third-order valence-corrected chi connectivity index (χ3v) is 3.15. The summed E-state index contributed by atoms with van der Waals surface area (Å²) < 4.78 is 10.5. The van der Waals surface area contributed by atoms with E-state index in [-0.39, 0.29) is 12.2 Å². The van der Waals surface area contributed by atoms with E-state index in [2.05, 4.69) is 10.6 Å². The topological polar surface area (TPSA) is 103 Å². The minimum atomic E-state index is -0.562. The first-order valence-corrected chi connectivity index (χ1v) is 7.42. The normalized spacial score (nSPS) is 13.0. The van der Waals surface area contributed by atoms with Gasteiger partial charge in [0.2, 0.25) is 0 Å². The summed E-state index contributed by atoms with van der Waals surface area (Å²) in [5.74, 6) is 0.665. The highest BCUT2D eigenvalue weighted by Gasteiger charge is 2.24. The molecule has 0 bridgehead atoms. The van der Waals surface area contributed by atoms with Gasteiger partial charge in [-0.1, -0.05) is 0 Å². The lowest BCUT2D eigenvalue weighted by Crippen LogP contribution is -2.35. The van der Waals surface area contributed by atoms with Gasteiger partial charge >= 0.3 is 6.09 Å². The molecule has 0 radical (unpaired) electrons. The van der Waals surface area contributed by atoms with Crippen molar-refractivity contribution in [2.75, 3.05) is 25.0 Å². The maximum Gasteiger partial charge on any atom is 0.407 e. The van der Waals surface area contributed by atoms with Gasteiger partial charge in [-0.05, 0) is 26.8 Å². The zero-order valence-electron chi connectivity index (χ0n) is 13.5. The van der Waals surface area contributed by atoms with Gasteiger partial charge in [0.05, 0.1) is 11.5 Å². The van der Waals surface area contributed by atoms with Crippen LogP contribution in [-0.4, -0.2) is 36.3 Å². The number of carbonyl (C=O) groups is 1. The number of ether oxygens (including phenoxy) is 2. The van der Waals surface area contributed by atoms with Crippen LogP contribution in [0.4, 0.5) is 16.2 Å². The molecule has 23 heavy (non-hydrogen) atoms. The number of rotatable bonds is 5. The fourth-order valence-corrected chi connectivity index (χ4v) is 2.28. The van der Waals surface area contributed by atoms with Crippen LogP contribution < -0.4 is 15.4 Å². The maximum atomic E-state index is 11.5. The molecule has 1 aliphatic heterocycles. The smallest absolute Gasteiger partial charge is 0.407 e. The van der Waals surface area contributed by atoms with Crippen molar-refractivity contribution in [1.82, 2.24) is 5.32 Å². The molecule has 2 N–H and O–H groups in total. The Morgan fingerprint density at radius 1 is 1.39 bits per heavy atom. The van der Waals surface area contributed by atoms with Gasteiger partial charge in [-0.3, -0.25) is 10.1 Å².